The lowest BCUT2D eigenvalue weighted by atomic mass is 10.1. The summed E-state index contributed by atoms with van der Waals surface area (Å²) in [6.45, 7) is 0. The molecule has 0 N–H and O–H groups in total. The second kappa shape index (κ2) is 9.31. The van der Waals surface area contributed by atoms with Crippen LogP contribution in [0.1, 0.15) is 10.4 Å². The zero-order chi connectivity index (χ0) is 22.6. The van der Waals surface area contributed by atoms with E-state index in [1.54, 1.807) is 12.1 Å². The fourth-order valence-electron chi connectivity index (χ4n) is 3.93. The van der Waals surface area contributed by atoms with Crippen LogP contribution >= 0.6 is 15.9 Å². The number of aromatic nitrogens is 1. The zero-order valence-corrected chi connectivity index (χ0v) is 19.3. The van der Waals surface area contributed by atoms with Crippen LogP contribution in [0.4, 0.5) is 0 Å². The molecule has 4 heteroatoms. The zero-order valence-electron chi connectivity index (χ0n) is 17.7. The van der Waals surface area contributed by atoms with Crippen molar-refractivity contribution in [1.82, 2.24) is 4.57 Å². The Balaban J connectivity index is 1.82. The van der Waals surface area contributed by atoms with Crippen molar-refractivity contribution < 1.29 is 9.53 Å². The van der Waals surface area contributed by atoms with Gasteiger partial charge >= 0.3 is 5.97 Å². The van der Waals surface area contributed by atoms with Crippen molar-refractivity contribution in [3.05, 3.63) is 131 Å². The molecule has 0 fully saturated rings. The number of benzene rings is 4. The van der Waals surface area contributed by atoms with E-state index in [-0.39, 0.29) is 0 Å². The van der Waals surface area contributed by atoms with E-state index >= 15 is 0 Å². The molecule has 0 amide bonds. The predicted molar refractivity (Wildman–Crippen MR) is 136 cm³/mol. The van der Waals surface area contributed by atoms with Crippen LogP contribution in [0.15, 0.2) is 126 Å². The Bertz CT molecular complexity index is 1380. The number of ether oxygens (including phenoxy) is 1. The summed E-state index contributed by atoms with van der Waals surface area (Å²) < 4.78 is 8.61. The molecule has 5 rings (SSSR count). The van der Waals surface area contributed by atoms with Gasteiger partial charge in [-0.1, -0.05) is 97.1 Å². The Morgan fingerprint density at radius 3 is 1.61 bits per heavy atom. The second-order valence-electron chi connectivity index (χ2n) is 7.49. The predicted octanol–water partition coefficient (Wildman–Crippen LogP) is 7.79. The summed E-state index contributed by atoms with van der Waals surface area (Å²) in [5.74, 6) is 0.0842. The molecule has 0 spiro atoms. The summed E-state index contributed by atoms with van der Waals surface area (Å²) in [5, 5.41) is 0. The molecule has 0 saturated carbocycles. The van der Waals surface area contributed by atoms with Crippen molar-refractivity contribution in [2.75, 3.05) is 0 Å². The first-order chi connectivity index (χ1) is 16.2. The van der Waals surface area contributed by atoms with Crippen LogP contribution in [0.5, 0.6) is 5.75 Å². The monoisotopic (exact) mass is 493 g/mol. The second-order valence-corrected chi connectivity index (χ2v) is 8.28. The molecule has 1 aromatic heterocycles. The first-order valence-electron chi connectivity index (χ1n) is 10.6. The molecule has 33 heavy (non-hydrogen) atoms. The highest BCUT2D eigenvalue weighted by Crippen LogP contribution is 2.43. The molecule has 0 aliphatic heterocycles. The van der Waals surface area contributed by atoms with Gasteiger partial charge in [0.15, 0.2) is 0 Å². The van der Waals surface area contributed by atoms with Crippen molar-refractivity contribution in [1.29, 1.82) is 0 Å². The van der Waals surface area contributed by atoms with Crippen LogP contribution in [0.25, 0.3) is 28.2 Å². The van der Waals surface area contributed by atoms with Crippen LogP contribution in [0.2, 0.25) is 0 Å². The lowest BCUT2D eigenvalue weighted by Crippen LogP contribution is -2.10. The Kier molecular flexibility index (Phi) is 5.92. The molecule has 5 aromatic rings. The molecule has 0 saturated heterocycles. The number of nitrogens with zero attached hydrogens (tertiary/aromatic N) is 1. The third-order valence-corrected chi connectivity index (χ3v) is 6.15. The molecule has 0 atom stereocenters. The van der Waals surface area contributed by atoms with Crippen LogP contribution < -0.4 is 4.74 Å². The topological polar surface area (TPSA) is 31.2 Å². The maximum atomic E-state index is 13.6. The van der Waals surface area contributed by atoms with Gasteiger partial charge < -0.3 is 9.30 Å². The first kappa shape index (κ1) is 21.0. The fourth-order valence-corrected chi connectivity index (χ4v) is 4.69. The van der Waals surface area contributed by atoms with Gasteiger partial charge in [-0.2, -0.15) is 0 Å². The molecule has 160 valence electrons. The minimum atomic E-state index is -0.418. The third kappa shape index (κ3) is 4.13. The average molecular weight is 494 g/mol. The van der Waals surface area contributed by atoms with E-state index in [0.29, 0.717) is 15.8 Å². The van der Waals surface area contributed by atoms with E-state index < -0.39 is 5.97 Å². The van der Waals surface area contributed by atoms with Crippen molar-refractivity contribution in [2.24, 2.45) is 0 Å². The van der Waals surface area contributed by atoms with Crippen LogP contribution in [-0.2, 0) is 0 Å². The highest BCUT2D eigenvalue weighted by atomic mass is 79.9. The summed E-state index contributed by atoms with van der Waals surface area (Å²) in [5.41, 5.74) is 5.00. The SMILES string of the molecule is O=C(Oc1ccccc1)c1c(Br)c(-c2ccccc2)n(-c2ccccc2)c1-c1ccccc1. The van der Waals surface area contributed by atoms with Crippen LogP contribution in [0, 0.1) is 0 Å². The van der Waals surface area contributed by atoms with Gasteiger partial charge in [-0.3, -0.25) is 0 Å². The number of carbonyl (C=O) groups excluding carboxylic acids is 1. The van der Waals surface area contributed by atoms with E-state index in [1.807, 2.05) is 109 Å². The van der Waals surface area contributed by atoms with E-state index in [1.165, 1.54) is 0 Å². The van der Waals surface area contributed by atoms with E-state index in [2.05, 4.69) is 20.5 Å². The highest BCUT2D eigenvalue weighted by molar-refractivity contribution is 9.10. The van der Waals surface area contributed by atoms with Gasteiger partial charge in [-0.25, -0.2) is 4.79 Å². The molecule has 3 nitrogen and oxygen atoms in total. The molecule has 0 radical (unpaired) electrons. The summed E-state index contributed by atoms with van der Waals surface area (Å²) in [6, 6.07) is 39.2. The van der Waals surface area contributed by atoms with Crippen molar-refractivity contribution in [3.8, 4) is 34.0 Å². The van der Waals surface area contributed by atoms with E-state index in [0.717, 1.165) is 28.2 Å². The number of hydrogen-bond donors (Lipinski definition) is 0. The molecule has 0 aliphatic rings. The number of halogens is 1. The van der Waals surface area contributed by atoms with E-state index in [9.17, 15) is 4.79 Å². The normalized spacial score (nSPS) is 10.7. The Morgan fingerprint density at radius 1 is 0.606 bits per heavy atom. The maximum absolute atomic E-state index is 13.6. The lowest BCUT2D eigenvalue weighted by Gasteiger charge is -2.15. The Morgan fingerprint density at radius 2 is 1.06 bits per heavy atom. The van der Waals surface area contributed by atoms with E-state index in [4.69, 9.17) is 4.74 Å². The van der Waals surface area contributed by atoms with Crippen molar-refractivity contribution >= 4 is 21.9 Å². The van der Waals surface area contributed by atoms with Crippen LogP contribution in [0.3, 0.4) is 0 Å². The minimum absolute atomic E-state index is 0.418. The Labute approximate surface area is 201 Å². The van der Waals surface area contributed by atoms with Gasteiger partial charge in [0, 0.05) is 5.69 Å². The standard InChI is InChI=1S/C29H20BrNO2/c30-26-25(29(32)33-24-19-11-4-12-20-24)27(21-13-5-1-6-14-21)31(23-17-9-3-10-18-23)28(26)22-15-7-2-8-16-22/h1-20H. The summed E-state index contributed by atoms with van der Waals surface area (Å²) in [4.78, 5) is 13.6. The molecule has 0 unspecified atom stereocenters. The number of esters is 1. The summed E-state index contributed by atoms with van der Waals surface area (Å²) in [6.07, 6.45) is 0. The number of rotatable bonds is 5. The number of para-hydroxylation sites is 2. The van der Waals surface area contributed by atoms with Gasteiger partial charge in [-0.15, -0.1) is 0 Å². The highest BCUT2D eigenvalue weighted by Gasteiger charge is 2.29. The molecule has 0 bridgehead atoms. The summed E-state index contributed by atoms with van der Waals surface area (Å²) in [7, 11) is 0. The molecule has 4 aromatic carbocycles. The third-order valence-electron chi connectivity index (χ3n) is 5.38. The minimum Gasteiger partial charge on any atom is -0.423 e. The van der Waals surface area contributed by atoms with Gasteiger partial charge in [0.2, 0.25) is 0 Å². The van der Waals surface area contributed by atoms with Gasteiger partial charge in [0.25, 0.3) is 0 Å². The van der Waals surface area contributed by atoms with Crippen molar-refractivity contribution in [3.63, 3.8) is 0 Å². The maximum Gasteiger partial charge on any atom is 0.346 e. The smallest absolute Gasteiger partial charge is 0.346 e. The summed E-state index contributed by atoms with van der Waals surface area (Å²) >= 11 is 3.78. The number of carbonyl (C=O) groups is 1. The largest absolute Gasteiger partial charge is 0.423 e. The lowest BCUT2D eigenvalue weighted by molar-refractivity contribution is 0.0735. The van der Waals surface area contributed by atoms with Gasteiger partial charge in [-0.05, 0) is 51.3 Å². The average Bonchev–Trinajstić information content (AvgIpc) is 3.19. The molecule has 1 heterocycles. The molecular weight excluding hydrogens is 474 g/mol. The first-order valence-corrected chi connectivity index (χ1v) is 11.4. The molecular formula is C29H20BrNO2. The van der Waals surface area contributed by atoms with Crippen LogP contribution in [-0.4, -0.2) is 10.5 Å². The fraction of sp³-hybridized carbons (Fsp3) is 0. The van der Waals surface area contributed by atoms with Gasteiger partial charge in [0.05, 0.1) is 15.9 Å². The van der Waals surface area contributed by atoms with Crippen molar-refractivity contribution in [2.45, 2.75) is 0 Å². The number of hydrogen-bond acceptors (Lipinski definition) is 2. The van der Waals surface area contributed by atoms with Gasteiger partial charge in [0.1, 0.15) is 11.3 Å². The quantitative estimate of drug-likeness (QED) is 0.184. The molecule has 0 aliphatic carbocycles. The Hall–Kier alpha value is -3.89.